The van der Waals surface area contributed by atoms with Crippen LogP contribution in [0.25, 0.3) is 16.6 Å². The van der Waals surface area contributed by atoms with Crippen molar-refractivity contribution in [2.24, 2.45) is 0 Å². The summed E-state index contributed by atoms with van der Waals surface area (Å²) in [6, 6.07) is 18.7. The number of nitrogens with zero attached hydrogens (tertiary/aromatic N) is 2. The summed E-state index contributed by atoms with van der Waals surface area (Å²) in [4.78, 5) is 33.4. The second kappa shape index (κ2) is 7.04. The molecule has 3 aromatic heterocycles. The summed E-state index contributed by atoms with van der Waals surface area (Å²) in [5, 5.41) is 6.76. The van der Waals surface area contributed by atoms with E-state index in [2.05, 4.69) is 26.4 Å². The molecule has 0 atom stereocenters. The molecular weight excluding hydrogens is 378 g/mol. The van der Waals surface area contributed by atoms with Gasteiger partial charge in [-0.05, 0) is 30.7 Å². The lowest BCUT2D eigenvalue weighted by atomic mass is 10.1. The molecule has 0 unspecified atom stereocenters. The topological polar surface area (TPSA) is 95.0 Å². The molecule has 0 spiro atoms. The van der Waals surface area contributed by atoms with E-state index < -0.39 is 0 Å². The number of aryl methyl sites for hydroxylation is 1. The number of nitrogens with one attached hydrogen (secondary N) is 3. The summed E-state index contributed by atoms with van der Waals surface area (Å²) in [5.74, 6) is -0.327. The fourth-order valence-corrected chi connectivity index (χ4v) is 3.75. The van der Waals surface area contributed by atoms with E-state index in [1.807, 2.05) is 43.3 Å². The van der Waals surface area contributed by atoms with E-state index in [1.165, 1.54) is 16.8 Å². The van der Waals surface area contributed by atoms with Crippen LogP contribution in [0.1, 0.15) is 27.3 Å². The molecule has 0 aliphatic carbocycles. The second-order valence-corrected chi connectivity index (χ2v) is 7.20. The number of fused-ring (bicyclic) bond motifs is 2. The third kappa shape index (κ3) is 3.06. The molecule has 3 heterocycles. The van der Waals surface area contributed by atoms with E-state index in [0.717, 1.165) is 22.2 Å². The molecule has 0 aliphatic heterocycles. The highest BCUT2D eigenvalue weighted by molar-refractivity contribution is 6.08. The molecule has 0 fully saturated rings. The summed E-state index contributed by atoms with van der Waals surface area (Å²) < 4.78 is 1.28. The van der Waals surface area contributed by atoms with E-state index in [9.17, 15) is 9.59 Å². The second-order valence-electron chi connectivity index (χ2n) is 7.20. The molecular formula is C23H19N5O2. The maximum atomic E-state index is 12.8. The lowest BCUT2D eigenvalue weighted by molar-refractivity contribution is 0.102. The zero-order chi connectivity index (χ0) is 20.7. The van der Waals surface area contributed by atoms with Gasteiger partial charge >= 0.3 is 0 Å². The van der Waals surface area contributed by atoms with Gasteiger partial charge in [0.15, 0.2) is 5.65 Å². The average Bonchev–Trinajstić information content (AvgIpc) is 3.31. The van der Waals surface area contributed by atoms with Gasteiger partial charge in [-0.1, -0.05) is 36.4 Å². The van der Waals surface area contributed by atoms with E-state index in [1.54, 1.807) is 12.1 Å². The van der Waals surface area contributed by atoms with Gasteiger partial charge in [-0.15, -0.1) is 0 Å². The van der Waals surface area contributed by atoms with Gasteiger partial charge < -0.3 is 10.3 Å². The first-order valence-electron chi connectivity index (χ1n) is 9.63. The van der Waals surface area contributed by atoms with Crippen molar-refractivity contribution in [2.45, 2.75) is 13.3 Å². The van der Waals surface area contributed by atoms with Crippen LogP contribution in [0.15, 0.2) is 71.7 Å². The first-order chi connectivity index (χ1) is 14.6. The van der Waals surface area contributed by atoms with E-state index in [0.29, 0.717) is 29.0 Å². The number of aromatic amines is 2. The van der Waals surface area contributed by atoms with E-state index >= 15 is 0 Å². The number of aromatic nitrogens is 4. The van der Waals surface area contributed by atoms with Crippen molar-refractivity contribution < 1.29 is 4.79 Å². The number of benzene rings is 2. The predicted octanol–water partition coefficient (Wildman–Crippen LogP) is 3.66. The van der Waals surface area contributed by atoms with Crippen LogP contribution in [-0.2, 0) is 6.42 Å². The highest BCUT2D eigenvalue weighted by Gasteiger charge is 2.17. The van der Waals surface area contributed by atoms with Crippen LogP contribution in [-0.4, -0.2) is 25.5 Å². The normalized spacial score (nSPS) is 11.2. The first kappa shape index (κ1) is 17.9. The molecule has 0 bridgehead atoms. The third-order valence-corrected chi connectivity index (χ3v) is 5.21. The maximum Gasteiger partial charge on any atom is 0.272 e. The van der Waals surface area contributed by atoms with Crippen molar-refractivity contribution in [1.29, 1.82) is 0 Å². The summed E-state index contributed by atoms with van der Waals surface area (Å²) in [7, 11) is 0. The van der Waals surface area contributed by atoms with Crippen LogP contribution in [0.5, 0.6) is 0 Å². The van der Waals surface area contributed by atoms with Crippen molar-refractivity contribution in [3.8, 4) is 0 Å². The van der Waals surface area contributed by atoms with Crippen molar-refractivity contribution >= 4 is 28.1 Å². The molecule has 3 N–H and O–H groups in total. The number of carbonyl (C=O) groups excluding carboxylic acids is 1. The monoisotopic (exact) mass is 397 g/mol. The number of anilines is 1. The highest BCUT2D eigenvalue weighted by Crippen LogP contribution is 2.24. The standard InChI is InChI=1S/C23H19N5O2/c1-14-18(17-9-5-6-10-20(17)25-14)11-16-12-21(29)28-22(26-16)19(13-24-28)23(30)27-15-7-3-2-4-8-15/h2-10,12-13,24-25H,11H2,1H3,(H,27,30). The van der Waals surface area contributed by atoms with Gasteiger partial charge in [0.1, 0.15) is 5.56 Å². The predicted molar refractivity (Wildman–Crippen MR) is 116 cm³/mol. The van der Waals surface area contributed by atoms with E-state index in [-0.39, 0.29) is 11.5 Å². The van der Waals surface area contributed by atoms with Crippen molar-refractivity contribution in [1.82, 2.24) is 19.6 Å². The summed E-state index contributed by atoms with van der Waals surface area (Å²) in [5.41, 5.74) is 4.83. The summed E-state index contributed by atoms with van der Waals surface area (Å²) in [6.45, 7) is 2.01. The molecule has 0 saturated heterocycles. The van der Waals surface area contributed by atoms with Crippen LogP contribution < -0.4 is 10.9 Å². The maximum absolute atomic E-state index is 12.8. The highest BCUT2D eigenvalue weighted by atomic mass is 16.2. The fraction of sp³-hybridized carbons (Fsp3) is 0.0870. The van der Waals surface area contributed by atoms with Crippen molar-refractivity contribution in [3.05, 3.63) is 99.7 Å². The lowest BCUT2D eigenvalue weighted by Crippen LogP contribution is -2.18. The number of hydrogen-bond donors (Lipinski definition) is 3. The van der Waals surface area contributed by atoms with Gasteiger partial charge in [0.25, 0.3) is 11.5 Å². The minimum absolute atomic E-state index is 0.258. The molecule has 0 radical (unpaired) electrons. The third-order valence-electron chi connectivity index (χ3n) is 5.21. The number of hydrogen-bond acceptors (Lipinski definition) is 3. The Morgan fingerprint density at radius 1 is 1.10 bits per heavy atom. The van der Waals surface area contributed by atoms with Gasteiger partial charge in [-0.2, -0.15) is 0 Å². The molecule has 30 heavy (non-hydrogen) atoms. The largest absolute Gasteiger partial charge is 0.358 e. The van der Waals surface area contributed by atoms with E-state index in [4.69, 9.17) is 0 Å². The van der Waals surface area contributed by atoms with Gasteiger partial charge in [-0.3, -0.25) is 14.7 Å². The van der Waals surface area contributed by atoms with Crippen molar-refractivity contribution in [3.63, 3.8) is 0 Å². The minimum atomic E-state index is -0.327. The number of para-hydroxylation sites is 2. The van der Waals surface area contributed by atoms with Crippen LogP contribution in [0.2, 0.25) is 0 Å². The van der Waals surface area contributed by atoms with Crippen LogP contribution in [0.4, 0.5) is 5.69 Å². The fourth-order valence-electron chi connectivity index (χ4n) is 3.75. The number of H-pyrrole nitrogens is 2. The quantitative estimate of drug-likeness (QED) is 0.432. The summed E-state index contributed by atoms with van der Waals surface area (Å²) >= 11 is 0. The Labute approximate surface area is 171 Å². The van der Waals surface area contributed by atoms with Gasteiger partial charge in [0, 0.05) is 41.0 Å². The Morgan fingerprint density at radius 3 is 2.70 bits per heavy atom. The molecule has 0 saturated carbocycles. The number of rotatable bonds is 4. The van der Waals surface area contributed by atoms with Crippen LogP contribution in [0.3, 0.4) is 0 Å². The first-order valence-corrected chi connectivity index (χ1v) is 9.63. The molecule has 1 amide bonds. The van der Waals surface area contributed by atoms with Gasteiger partial charge in [-0.25, -0.2) is 9.50 Å². The van der Waals surface area contributed by atoms with Crippen LogP contribution >= 0.6 is 0 Å². The van der Waals surface area contributed by atoms with Gasteiger partial charge in [0.05, 0.1) is 5.69 Å². The Morgan fingerprint density at radius 2 is 1.87 bits per heavy atom. The zero-order valence-electron chi connectivity index (χ0n) is 16.3. The minimum Gasteiger partial charge on any atom is -0.358 e. The Hall–Kier alpha value is -4.13. The number of carbonyl (C=O) groups is 1. The Balaban J connectivity index is 1.54. The average molecular weight is 397 g/mol. The Kier molecular flexibility index (Phi) is 4.21. The smallest absolute Gasteiger partial charge is 0.272 e. The summed E-state index contributed by atoms with van der Waals surface area (Å²) in [6.07, 6.45) is 2.00. The van der Waals surface area contributed by atoms with Crippen molar-refractivity contribution in [2.75, 3.05) is 5.32 Å². The molecule has 148 valence electrons. The molecule has 7 heteroatoms. The molecule has 0 aliphatic rings. The molecule has 5 aromatic rings. The molecule has 7 nitrogen and oxygen atoms in total. The Bertz CT molecular complexity index is 1440. The molecule has 5 rings (SSSR count). The SMILES string of the molecule is Cc1[nH]c2ccccc2c1Cc1cc(=O)n2[nH]cc(C(=O)Nc3ccccc3)c2n1. The zero-order valence-corrected chi connectivity index (χ0v) is 16.3. The molecule has 2 aromatic carbocycles. The van der Waals surface area contributed by atoms with Crippen LogP contribution in [0, 0.1) is 6.92 Å². The number of amides is 1. The van der Waals surface area contributed by atoms with Gasteiger partial charge in [0.2, 0.25) is 0 Å². The lowest BCUT2D eigenvalue weighted by Gasteiger charge is -2.05.